The molecule has 1 atom stereocenters. The average molecular weight is 183 g/mol. The Morgan fingerprint density at radius 1 is 1.38 bits per heavy atom. The summed E-state index contributed by atoms with van der Waals surface area (Å²) in [5, 5.41) is 0. The molecule has 3 nitrogen and oxygen atoms in total. The summed E-state index contributed by atoms with van der Waals surface area (Å²) in [6.45, 7) is 5.66. The summed E-state index contributed by atoms with van der Waals surface area (Å²) in [6, 6.07) is -0.321. The Morgan fingerprint density at radius 2 is 1.92 bits per heavy atom. The van der Waals surface area contributed by atoms with Crippen LogP contribution >= 0.6 is 0 Å². The largest absolute Gasteiger partial charge is 0.341 e. The van der Waals surface area contributed by atoms with Crippen LogP contribution in [0.15, 0.2) is 0 Å². The van der Waals surface area contributed by atoms with E-state index < -0.39 is 0 Å². The van der Waals surface area contributed by atoms with Crippen LogP contribution in [0.2, 0.25) is 0 Å². The third-order valence-electron chi connectivity index (χ3n) is 2.52. The highest BCUT2D eigenvalue weighted by Crippen LogP contribution is 2.11. The highest BCUT2D eigenvalue weighted by Gasteiger charge is 2.24. The molecule has 1 saturated heterocycles. The van der Waals surface area contributed by atoms with E-state index in [-0.39, 0.29) is 17.9 Å². The second kappa shape index (κ2) is 4.61. The molecule has 0 bridgehead atoms. The molecule has 0 aromatic carbocycles. The standard InChI is InChI=1S/C10H19N2O/c1-8(2)9(11)10(13)12-6-4-3-5-7-12/h3,8-9H,4-7,11H2,1-2H3/t9-/m0/s1. The van der Waals surface area contributed by atoms with Crippen LogP contribution in [0.5, 0.6) is 0 Å². The van der Waals surface area contributed by atoms with Crippen LogP contribution in [0.4, 0.5) is 0 Å². The SMILES string of the molecule is CC(C)[C@H](N)C(=O)N1CC[CH]CC1. The van der Waals surface area contributed by atoms with Crippen molar-refractivity contribution in [2.75, 3.05) is 13.1 Å². The monoisotopic (exact) mass is 183 g/mol. The maximum absolute atomic E-state index is 11.7. The van der Waals surface area contributed by atoms with E-state index in [1.165, 1.54) is 0 Å². The first-order chi connectivity index (χ1) is 6.13. The molecular formula is C10H19N2O. The molecule has 1 rings (SSSR count). The van der Waals surface area contributed by atoms with Crippen LogP contribution in [0, 0.1) is 12.3 Å². The highest BCUT2D eigenvalue weighted by atomic mass is 16.2. The number of hydrogen-bond acceptors (Lipinski definition) is 2. The van der Waals surface area contributed by atoms with Crippen molar-refractivity contribution in [3.05, 3.63) is 6.42 Å². The van der Waals surface area contributed by atoms with Crippen molar-refractivity contribution in [3.63, 3.8) is 0 Å². The molecular weight excluding hydrogens is 164 g/mol. The Kier molecular flexibility index (Phi) is 3.72. The number of nitrogens with zero attached hydrogens (tertiary/aromatic N) is 1. The molecule has 3 heteroatoms. The zero-order valence-electron chi connectivity index (χ0n) is 8.49. The Balaban J connectivity index is 2.45. The number of carbonyl (C=O) groups excluding carboxylic acids is 1. The molecule has 1 amide bonds. The van der Waals surface area contributed by atoms with Gasteiger partial charge in [0.25, 0.3) is 0 Å². The minimum atomic E-state index is -0.321. The van der Waals surface area contributed by atoms with E-state index in [9.17, 15) is 4.79 Å². The lowest BCUT2D eigenvalue weighted by Gasteiger charge is -2.30. The molecule has 1 aliphatic rings. The highest BCUT2D eigenvalue weighted by molar-refractivity contribution is 5.82. The van der Waals surface area contributed by atoms with E-state index in [4.69, 9.17) is 5.73 Å². The summed E-state index contributed by atoms with van der Waals surface area (Å²) in [7, 11) is 0. The lowest BCUT2D eigenvalue weighted by atomic mass is 10.0. The molecule has 75 valence electrons. The van der Waals surface area contributed by atoms with Crippen molar-refractivity contribution in [2.45, 2.75) is 32.7 Å². The number of carbonyl (C=O) groups is 1. The fourth-order valence-corrected chi connectivity index (χ4v) is 1.47. The van der Waals surface area contributed by atoms with Gasteiger partial charge < -0.3 is 10.6 Å². The van der Waals surface area contributed by atoms with Gasteiger partial charge in [-0.25, -0.2) is 0 Å². The van der Waals surface area contributed by atoms with Crippen LogP contribution in [0.3, 0.4) is 0 Å². The molecule has 13 heavy (non-hydrogen) atoms. The predicted molar refractivity (Wildman–Crippen MR) is 52.9 cm³/mol. The van der Waals surface area contributed by atoms with Crippen molar-refractivity contribution < 1.29 is 4.79 Å². The summed E-state index contributed by atoms with van der Waals surface area (Å²) < 4.78 is 0. The van der Waals surface area contributed by atoms with Gasteiger partial charge in [0.15, 0.2) is 0 Å². The lowest BCUT2D eigenvalue weighted by Crippen LogP contribution is -2.48. The molecule has 0 spiro atoms. The van der Waals surface area contributed by atoms with E-state index in [1.54, 1.807) is 0 Å². The van der Waals surface area contributed by atoms with Crippen molar-refractivity contribution in [1.29, 1.82) is 0 Å². The number of hydrogen-bond donors (Lipinski definition) is 1. The fraction of sp³-hybridized carbons (Fsp3) is 0.800. The molecule has 2 N–H and O–H groups in total. The molecule has 1 radical (unpaired) electrons. The van der Waals surface area contributed by atoms with Gasteiger partial charge in [-0.05, 0) is 25.2 Å². The average Bonchev–Trinajstić information content (AvgIpc) is 2.17. The van der Waals surface area contributed by atoms with E-state index in [0.29, 0.717) is 0 Å². The maximum Gasteiger partial charge on any atom is 0.239 e. The fourth-order valence-electron chi connectivity index (χ4n) is 1.47. The number of nitrogens with two attached hydrogens (primary N) is 1. The minimum Gasteiger partial charge on any atom is -0.341 e. The first kappa shape index (κ1) is 10.5. The summed E-state index contributed by atoms with van der Waals surface area (Å²) in [5.41, 5.74) is 5.79. The van der Waals surface area contributed by atoms with Crippen molar-refractivity contribution >= 4 is 5.91 Å². The third kappa shape index (κ3) is 2.69. The van der Waals surface area contributed by atoms with Gasteiger partial charge in [0.05, 0.1) is 6.04 Å². The molecule has 1 aliphatic heterocycles. The smallest absolute Gasteiger partial charge is 0.239 e. The van der Waals surface area contributed by atoms with Gasteiger partial charge in [-0.15, -0.1) is 0 Å². The second-order valence-corrected chi connectivity index (χ2v) is 3.96. The number of likely N-dealkylation sites (tertiary alicyclic amines) is 1. The predicted octanol–water partition coefficient (Wildman–Crippen LogP) is 0.796. The van der Waals surface area contributed by atoms with Gasteiger partial charge in [-0.2, -0.15) is 0 Å². The zero-order valence-corrected chi connectivity index (χ0v) is 8.49. The number of rotatable bonds is 2. The molecule has 0 aromatic rings. The molecule has 1 heterocycles. The summed E-state index contributed by atoms with van der Waals surface area (Å²) >= 11 is 0. The Bertz CT molecular complexity index is 174. The molecule has 0 saturated carbocycles. The summed E-state index contributed by atoms with van der Waals surface area (Å²) in [5.74, 6) is 0.349. The van der Waals surface area contributed by atoms with E-state index in [0.717, 1.165) is 25.9 Å². The number of piperidine rings is 1. The van der Waals surface area contributed by atoms with Crippen LogP contribution in [0.1, 0.15) is 26.7 Å². The minimum absolute atomic E-state index is 0.114. The van der Waals surface area contributed by atoms with E-state index >= 15 is 0 Å². The molecule has 0 unspecified atom stereocenters. The van der Waals surface area contributed by atoms with E-state index in [2.05, 4.69) is 6.42 Å². The van der Waals surface area contributed by atoms with Crippen LogP contribution < -0.4 is 5.73 Å². The van der Waals surface area contributed by atoms with Crippen molar-refractivity contribution in [2.24, 2.45) is 11.7 Å². The quantitative estimate of drug-likeness (QED) is 0.688. The summed E-state index contributed by atoms with van der Waals surface area (Å²) in [4.78, 5) is 13.6. The van der Waals surface area contributed by atoms with Crippen LogP contribution in [-0.4, -0.2) is 29.9 Å². The lowest BCUT2D eigenvalue weighted by molar-refractivity contribution is -0.134. The van der Waals surface area contributed by atoms with Gasteiger partial charge in [0.2, 0.25) is 5.91 Å². The first-order valence-corrected chi connectivity index (χ1v) is 4.99. The van der Waals surface area contributed by atoms with E-state index in [1.807, 2.05) is 18.7 Å². The van der Waals surface area contributed by atoms with Gasteiger partial charge in [-0.3, -0.25) is 4.79 Å². The maximum atomic E-state index is 11.7. The Labute approximate surface area is 80.3 Å². The van der Waals surface area contributed by atoms with Gasteiger partial charge in [-0.1, -0.05) is 13.8 Å². The molecule has 1 fully saturated rings. The van der Waals surface area contributed by atoms with Crippen LogP contribution in [0.25, 0.3) is 0 Å². The zero-order chi connectivity index (χ0) is 9.84. The van der Waals surface area contributed by atoms with Gasteiger partial charge >= 0.3 is 0 Å². The Hall–Kier alpha value is -0.570. The van der Waals surface area contributed by atoms with Crippen molar-refractivity contribution in [3.8, 4) is 0 Å². The van der Waals surface area contributed by atoms with Gasteiger partial charge in [0.1, 0.15) is 0 Å². The second-order valence-electron chi connectivity index (χ2n) is 3.96. The first-order valence-electron chi connectivity index (χ1n) is 4.99. The Morgan fingerprint density at radius 3 is 2.38 bits per heavy atom. The summed E-state index contributed by atoms with van der Waals surface area (Å²) in [6.07, 6.45) is 4.25. The van der Waals surface area contributed by atoms with Gasteiger partial charge in [0, 0.05) is 13.1 Å². The van der Waals surface area contributed by atoms with Crippen molar-refractivity contribution in [1.82, 2.24) is 4.90 Å². The van der Waals surface area contributed by atoms with Crippen LogP contribution in [-0.2, 0) is 4.79 Å². The topological polar surface area (TPSA) is 46.3 Å². The molecule has 0 aromatic heterocycles. The third-order valence-corrected chi connectivity index (χ3v) is 2.52. The normalized spacial score (nSPS) is 20.5. The molecule has 0 aliphatic carbocycles. The number of amides is 1.